The molecule has 176 valence electrons. The minimum absolute atomic E-state index is 0. The van der Waals surface area contributed by atoms with Gasteiger partial charge in [-0.25, -0.2) is 0 Å². The number of rotatable bonds is 10. The van der Waals surface area contributed by atoms with Crippen molar-refractivity contribution in [3.05, 3.63) is 0 Å². The molecule has 7 nitrogen and oxygen atoms in total. The first-order valence-corrected chi connectivity index (χ1v) is 10.8. The highest BCUT2D eigenvalue weighted by atomic mass is 35.5. The molecule has 0 spiro atoms. The molecule has 1 unspecified atom stereocenters. The third-order valence-corrected chi connectivity index (χ3v) is 5.74. The predicted octanol–water partition coefficient (Wildman–Crippen LogP) is 3.20. The molecule has 9 heteroatoms. The molecule has 1 aliphatic heterocycles. The maximum atomic E-state index is 13.1. The van der Waals surface area contributed by atoms with E-state index in [1.54, 1.807) is 0 Å². The molecule has 1 fully saturated rings. The Hall–Kier alpha value is -0.825. The number of carbonyl (C=O) groups excluding carboxylic acids is 2. The Morgan fingerprint density at radius 2 is 1.43 bits per heavy atom. The molecule has 0 aromatic carbocycles. The van der Waals surface area contributed by atoms with Crippen molar-refractivity contribution in [2.24, 2.45) is 5.73 Å². The molecule has 0 aromatic rings. The number of nitrogens with two attached hydrogens (primary N) is 1. The van der Waals surface area contributed by atoms with Crippen molar-refractivity contribution in [2.75, 3.05) is 6.54 Å². The van der Waals surface area contributed by atoms with Gasteiger partial charge < -0.3 is 25.7 Å². The van der Waals surface area contributed by atoms with E-state index >= 15 is 0 Å². The van der Waals surface area contributed by atoms with Crippen LogP contribution in [0.4, 0.5) is 0 Å². The van der Waals surface area contributed by atoms with Gasteiger partial charge >= 0.3 is 7.12 Å². The molecule has 0 bridgehead atoms. The number of hydrogen-bond donors (Lipinski definition) is 3. The average Bonchev–Trinajstić information content (AvgIpc) is 2.74. The second kappa shape index (κ2) is 11.2. The van der Waals surface area contributed by atoms with Crippen LogP contribution in [-0.4, -0.2) is 47.8 Å². The largest absolute Gasteiger partial charge is 0.457 e. The fourth-order valence-corrected chi connectivity index (χ4v) is 3.56. The van der Waals surface area contributed by atoms with Gasteiger partial charge in [-0.1, -0.05) is 12.8 Å². The van der Waals surface area contributed by atoms with Crippen LogP contribution >= 0.6 is 12.4 Å². The number of hydrogen-bond acceptors (Lipinski definition) is 5. The minimum Gasteiger partial charge on any atom is -0.403 e. The quantitative estimate of drug-likeness (QED) is 0.352. The topological polar surface area (TPSA) is 103 Å². The Morgan fingerprint density at radius 1 is 0.933 bits per heavy atom. The summed E-state index contributed by atoms with van der Waals surface area (Å²) in [7, 11) is -0.248. The van der Waals surface area contributed by atoms with E-state index in [9.17, 15) is 9.59 Å². The zero-order chi connectivity index (χ0) is 22.5. The van der Waals surface area contributed by atoms with E-state index < -0.39 is 5.54 Å². The summed E-state index contributed by atoms with van der Waals surface area (Å²) in [4.78, 5) is 25.0. The van der Waals surface area contributed by atoms with Crippen LogP contribution in [-0.2, 0) is 18.9 Å². The summed E-state index contributed by atoms with van der Waals surface area (Å²) in [5.41, 5.74) is 3.69. The fourth-order valence-electron chi connectivity index (χ4n) is 3.56. The highest BCUT2D eigenvalue weighted by molar-refractivity contribution is 6.45. The maximum absolute atomic E-state index is 13.1. The summed E-state index contributed by atoms with van der Waals surface area (Å²) < 4.78 is 12.1. The van der Waals surface area contributed by atoms with Gasteiger partial charge in [-0.3, -0.25) is 9.59 Å². The van der Waals surface area contributed by atoms with Crippen molar-refractivity contribution in [3.63, 3.8) is 0 Å². The van der Waals surface area contributed by atoms with Gasteiger partial charge in [0.05, 0.1) is 11.2 Å². The molecule has 4 N–H and O–H groups in total. The van der Waals surface area contributed by atoms with Crippen molar-refractivity contribution in [1.82, 2.24) is 10.6 Å². The number of nitrogens with one attached hydrogen (secondary N) is 2. The number of halogens is 1. The summed E-state index contributed by atoms with van der Waals surface area (Å²) in [6.45, 7) is 15.9. The van der Waals surface area contributed by atoms with Crippen molar-refractivity contribution >= 4 is 31.3 Å². The number of carbonyl (C=O) groups is 2. The zero-order valence-electron chi connectivity index (χ0n) is 20.1. The molecular weight excluding hydrogens is 405 g/mol. The van der Waals surface area contributed by atoms with E-state index in [0.717, 1.165) is 19.2 Å². The first-order chi connectivity index (χ1) is 13.1. The summed E-state index contributed by atoms with van der Waals surface area (Å²) in [5.74, 6) is -0.360. The minimum atomic E-state index is -0.950. The molecule has 1 aliphatic rings. The van der Waals surface area contributed by atoms with Crippen LogP contribution in [0.5, 0.6) is 0 Å². The maximum Gasteiger partial charge on any atom is 0.457 e. The molecule has 1 atom stereocenters. The van der Waals surface area contributed by atoms with Gasteiger partial charge in [-0.15, -0.1) is 12.4 Å². The van der Waals surface area contributed by atoms with Crippen LogP contribution < -0.4 is 16.4 Å². The third kappa shape index (κ3) is 8.37. The summed E-state index contributed by atoms with van der Waals surface area (Å²) in [6, 6.07) is 0. The van der Waals surface area contributed by atoms with E-state index in [-0.39, 0.29) is 48.1 Å². The molecule has 1 saturated heterocycles. The summed E-state index contributed by atoms with van der Waals surface area (Å²) >= 11 is 0. The Labute approximate surface area is 189 Å². The smallest absolute Gasteiger partial charge is 0.403 e. The molecule has 0 saturated carbocycles. The van der Waals surface area contributed by atoms with Crippen LogP contribution in [0.15, 0.2) is 0 Å². The third-order valence-electron chi connectivity index (χ3n) is 5.74. The molecule has 0 aromatic heterocycles. The van der Waals surface area contributed by atoms with E-state index in [2.05, 4.69) is 10.6 Å². The van der Waals surface area contributed by atoms with E-state index in [1.807, 2.05) is 48.5 Å². The van der Waals surface area contributed by atoms with Crippen molar-refractivity contribution < 1.29 is 18.9 Å². The lowest BCUT2D eigenvalue weighted by molar-refractivity contribution is -0.134. The molecule has 1 rings (SSSR count). The zero-order valence-corrected chi connectivity index (χ0v) is 21.0. The Kier molecular flexibility index (Phi) is 10.9. The first kappa shape index (κ1) is 29.2. The number of unbranched alkanes of at least 4 members (excludes halogenated alkanes) is 1. The van der Waals surface area contributed by atoms with E-state index in [4.69, 9.17) is 15.0 Å². The highest BCUT2D eigenvalue weighted by Crippen LogP contribution is 2.38. The lowest BCUT2D eigenvalue weighted by atomic mass is 9.79. The van der Waals surface area contributed by atoms with Crippen molar-refractivity contribution in [1.29, 1.82) is 0 Å². The van der Waals surface area contributed by atoms with Gasteiger partial charge in [0, 0.05) is 12.5 Å². The second-order valence-corrected chi connectivity index (χ2v) is 10.3. The average molecular weight is 448 g/mol. The predicted molar refractivity (Wildman–Crippen MR) is 125 cm³/mol. The second-order valence-electron chi connectivity index (χ2n) is 10.3. The number of amides is 2. The SMILES string of the molecule is CC(=O)NC(CCCN)(CCCCB1OC(C)(C)C(C)(C)O1)C(=O)NC(C)(C)C.Cl. The van der Waals surface area contributed by atoms with E-state index in [0.29, 0.717) is 25.8 Å². The Bertz CT molecular complexity index is 565. The normalized spacial score (nSPS) is 19.6. The first-order valence-electron chi connectivity index (χ1n) is 10.8. The molecule has 0 radical (unpaired) electrons. The molecule has 0 aliphatic carbocycles. The monoisotopic (exact) mass is 447 g/mol. The van der Waals surface area contributed by atoms with E-state index in [1.165, 1.54) is 6.92 Å². The summed E-state index contributed by atoms with van der Waals surface area (Å²) in [6.07, 6.45) is 4.08. The standard InChI is InChI=1S/C21H42BN3O4.ClH/c1-16(26)24-21(13-11-15-23,17(27)25-18(2,3)4)12-9-10-14-22-28-19(5,6)20(7,8)29-22;/h9-15,23H2,1-8H3,(H,24,26)(H,25,27);1H. The van der Waals surface area contributed by atoms with Gasteiger partial charge in [0.1, 0.15) is 5.54 Å². The Morgan fingerprint density at radius 3 is 1.87 bits per heavy atom. The van der Waals surface area contributed by atoms with Gasteiger partial charge in [0.25, 0.3) is 0 Å². The van der Waals surface area contributed by atoms with Crippen LogP contribution in [0.1, 0.15) is 87.5 Å². The lowest BCUT2D eigenvalue weighted by Crippen LogP contribution is -2.61. The van der Waals surface area contributed by atoms with Crippen LogP contribution in [0.25, 0.3) is 0 Å². The summed E-state index contributed by atoms with van der Waals surface area (Å²) in [5, 5.41) is 5.97. The van der Waals surface area contributed by atoms with Gasteiger partial charge in [0.2, 0.25) is 11.8 Å². The highest BCUT2D eigenvalue weighted by Gasteiger charge is 2.50. The van der Waals surface area contributed by atoms with Gasteiger partial charge in [-0.05, 0) is 80.6 Å². The molecule has 30 heavy (non-hydrogen) atoms. The van der Waals surface area contributed by atoms with Gasteiger partial charge in [-0.2, -0.15) is 0 Å². The van der Waals surface area contributed by atoms with Crippen LogP contribution in [0, 0.1) is 0 Å². The van der Waals surface area contributed by atoms with Crippen LogP contribution in [0.2, 0.25) is 6.32 Å². The lowest BCUT2D eigenvalue weighted by Gasteiger charge is -2.36. The molecule has 1 heterocycles. The molecular formula is C21H43BClN3O4. The fraction of sp³-hybridized carbons (Fsp3) is 0.905. The van der Waals surface area contributed by atoms with Gasteiger partial charge in [0.15, 0.2) is 0 Å². The molecule has 2 amide bonds. The van der Waals surface area contributed by atoms with Crippen molar-refractivity contribution in [3.8, 4) is 0 Å². The Balaban J connectivity index is 0.00000841. The van der Waals surface area contributed by atoms with Crippen molar-refractivity contribution in [2.45, 2.75) is 116 Å². The van der Waals surface area contributed by atoms with Crippen LogP contribution in [0.3, 0.4) is 0 Å².